The molecule has 106 valence electrons. The number of alkyl halides is 5. The molecule has 0 fully saturated rings. The predicted octanol–water partition coefficient (Wildman–Crippen LogP) is 3.52. The Hall–Kier alpha value is -1.25. The zero-order valence-electron chi connectivity index (χ0n) is 9.39. The summed E-state index contributed by atoms with van der Waals surface area (Å²) in [4.78, 5) is 14.4. The number of methoxy groups -OCH3 is 1. The van der Waals surface area contributed by atoms with Crippen molar-refractivity contribution in [2.24, 2.45) is 0 Å². The van der Waals surface area contributed by atoms with Gasteiger partial charge in [0.1, 0.15) is 4.60 Å². The number of carbonyl (C=O) groups is 1. The van der Waals surface area contributed by atoms with Crippen LogP contribution in [0.3, 0.4) is 0 Å². The lowest BCUT2D eigenvalue weighted by molar-refractivity contribution is -0.142. The monoisotopic (exact) mass is 347 g/mol. The van der Waals surface area contributed by atoms with Gasteiger partial charge in [0.05, 0.1) is 24.7 Å². The van der Waals surface area contributed by atoms with Crippen LogP contribution in [0, 0.1) is 0 Å². The average Bonchev–Trinajstić information content (AvgIpc) is 2.28. The van der Waals surface area contributed by atoms with Gasteiger partial charge in [-0.1, -0.05) is 0 Å². The molecule has 0 bridgehead atoms. The minimum atomic E-state index is -5.03. The molecule has 1 aromatic rings. The van der Waals surface area contributed by atoms with Crippen LogP contribution < -0.4 is 0 Å². The normalized spacial score (nSPS) is 11.8. The second kappa shape index (κ2) is 5.81. The molecule has 0 atom stereocenters. The Morgan fingerprint density at radius 3 is 2.47 bits per heavy atom. The Bertz CT molecular complexity index is 490. The third kappa shape index (κ3) is 3.62. The fourth-order valence-electron chi connectivity index (χ4n) is 1.44. The molecule has 19 heavy (non-hydrogen) atoms. The molecular formula is C10H7BrF5NO2. The molecule has 0 aliphatic rings. The van der Waals surface area contributed by atoms with Crippen LogP contribution in [0.5, 0.6) is 0 Å². The Morgan fingerprint density at radius 1 is 1.47 bits per heavy atom. The number of nitrogens with zero attached hydrogens (tertiary/aromatic N) is 1. The molecule has 0 saturated heterocycles. The summed E-state index contributed by atoms with van der Waals surface area (Å²) in [6.45, 7) is 0. The fraction of sp³-hybridized carbons (Fsp3) is 0.400. The van der Waals surface area contributed by atoms with Crippen molar-refractivity contribution < 1.29 is 31.5 Å². The summed E-state index contributed by atoms with van der Waals surface area (Å²) in [5.74, 6) is -0.977. The minimum absolute atomic E-state index is 0.608. The number of pyridine rings is 1. The Morgan fingerprint density at radius 2 is 2.05 bits per heavy atom. The average molecular weight is 348 g/mol. The molecule has 1 rings (SSSR count). The van der Waals surface area contributed by atoms with Gasteiger partial charge in [0.2, 0.25) is 0 Å². The highest BCUT2D eigenvalue weighted by Crippen LogP contribution is 2.41. The standard InChI is InChI=1S/C10H7BrF5NO2/c1-19-5(18)2-4-3-17-8(11)6(9(12)13)7(4)10(14,15)16/h3,9H,2H2,1H3. The van der Waals surface area contributed by atoms with Crippen LogP contribution in [0.1, 0.15) is 23.1 Å². The van der Waals surface area contributed by atoms with Gasteiger partial charge >= 0.3 is 12.1 Å². The maximum atomic E-state index is 12.9. The van der Waals surface area contributed by atoms with Gasteiger partial charge in [0.25, 0.3) is 6.43 Å². The van der Waals surface area contributed by atoms with Crippen molar-refractivity contribution in [1.82, 2.24) is 4.98 Å². The number of ether oxygens (including phenoxy) is 1. The zero-order valence-corrected chi connectivity index (χ0v) is 11.0. The van der Waals surface area contributed by atoms with Crippen molar-refractivity contribution in [2.45, 2.75) is 19.0 Å². The van der Waals surface area contributed by atoms with Crippen LogP contribution in [0.4, 0.5) is 22.0 Å². The second-order valence-electron chi connectivity index (χ2n) is 3.41. The van der Waals surface area contributed by atoms with E-state index in [4.69, 9.17) is 0 Å². The second-order valence-corrected chi connectivity index (χ2v) is 4.17. The number of halogens is 6. The quantitative estimate of drug-likeness (QED) is 0.477. The van der Waals surface area contributed by atoms with Gasteiger partial charge in [0, 0.05) is 6.20 Å². The van der Waals surface area contributed by atoms with Crippen molar-refractivity contribution >= 4 is 21.9 Å². The van der Waals surface area contributed by atoms with Crippen molar-refractivity contribution in [3.63, 3.8) is 0 Å². The Balaban J connectivity index is 3.48. The zero-order chi connectivity index (χ0) is 14.8. The molecule has 0 saturated carbocycles. The summed E-state index contributed by atoms with van der Waals surface area (Å²) in [5.41, 5.74) is -3.50. The third-order valence-corrected chi connectivity index (χ3v) is 2.84. The van der Waals surface area contributed by atoms with E-state index >= 15 is 0 Å². The summed E-state index contributed by atoms with van der Waals surface area (Å²) < 4.78 is 67.7. The first kappa shape index (κ1) is 15.8. The molecule has 3 nitrogen and oxygen atoms in total. The van der Waals surface area contributed by atoms with Gasteiger partial charge < -0.3 is 4.74 Å². The smallest absolute Gasteiger partial charge is 0.417 e. The SMILES string of the molecule is COC(=O)Cc1cnc(Br)c(C(F)F)c1C(F)(F)F. The molecular weight excluding hydrogens is 341 g/mol. The molecule has 0 aliphatic carbocycles. The number of esters is 1. The predicted molar refractivity (Wildman–Crippen MR) is 57.6 cm³/mol. The Labute approximate surface area is 112 Å². The van der Waals surface area contributed by atoms with E-state index in [2.05, 4.69) is 25.7 Å². The summed E-state index contributed by atoms with van der Waals surface area (Å²) in [5, 5.41) is 0. The summed E-state index contributed by atoms with van der Waals surface area (Å²) >= 11 is 2.55. The Kier molecular flexibility index (Phi) is 4.83. The van der Waals surface area contributed by atoms with E-state index in [0.717, 1.165) is 13.3 Å². The first-order chi connectivity index (χ1) is 8.68. The van der Waals surface area contributed by atoms with Crippen LogP contribution in [-0.2, 0) is 22.1 Å². The minimum Gasteiger partial charge on any atom is -0.469 e. The topological polar surface area (TPSA) is 39.2 Å². The van der Waals surface area contributed by atoms with Crippen molar-refractivity contribution in [3.05, 3.63) is 27.5 Å². The van der Waals surface area contributed by atoms with Gasteiger partial charge in [-0.15, -0.1) is 0 Å². The lowest BCUT2D eigenvalue weighted by atomic mass is 10.0. The molecule has 1 aromatic heterocycles. The summed E-state index contributed by atoms with van der Waals surface area (Å²) in [6, 6.07) is 0. The molecule has 0 aliphatic heterocycles. The van der Waals surface area contributed by atoms with E-state index < -0.39 is 46.3 Å². The number of carbonyl (C=O) groups excluding carboxylic acids is 1. The highest BCUT2D eigenvalue weighted by molar-refractivity contribution is 9.10. The molecule has 0 unspecified atom stereocenters. The molecule has 0 aromatic carbocycles. The van der Waals surface area contributed by atoms with Gasteiger partial charge in [-0.25, -0.2) is 13.8 Å². The largest absolute Gasteiger partial charge is 0.469 e. The molecule has 1 heterocycles. The molecule has 0 amide bonds. The van der Waals surface area contributed by atoms with E-state index in [1.165, 1.54) is 0 Å². The van der Waals surface area contributed by atoms with E-state index in [-0.39, 0.29) is 0 Å². The van der Waals surface area contributed by atoms with E-state index in [1.54, 1.807) is 0 Å². The highest BCUT2D eigenvalue weighted by Gasteiger charge is 2.40. The van der Waals surface area contributed by atoms with Gasteiger partial charge in [-0.2, -0.15) is 13.2 Å². The molecule has 0 N–H and O–H groups in total. The van der Waals surface area contributed by atoms with Crippen molar-refractivity contribution in [2.75, 3.05) is 7.11 Å². The van der Waals surface area contributed by atoms with Crippen molar-refractivity contribution in [3.8, 4) is 0 Å². The van der Waals surface area contributed by atoms with Crippen LogP contribution >= 0.6 is 15.9 Å². The van der Waals surface area contributed by atoms with E-state index in [1.807, 2.05) is 0 Å². The first-order valence-corrected chi connectivity index (χ1v) is 5.57. The maximum absolute atomic E-state index is 12.9. The van der Waals surface area contributed by atoms with Gasteiger partial charge in [0.15, 0.2) is 0 Å². The maximum Gasteiger partial charge on any atom is 0.417 e. The molecule has 0 radical (unpaired) electrons. The van der Waals surface area contributed by atoms with Gasteiger partial charge in [-0.3, -0.25) is 4.79 Å². The van der Waals surface area contributed by atoms with Crippen LogP contribution in [0.2, 0.25) is 0 Å². The lowest BCUT2D eigenvalue weighted by Gasteiger charge is -2.17. The third-order valence-electron chi connectivity index (χ3n) is 2.21. The van der Waals surface area contributed by atoms with Crippen LogP contribution in [0.15, 0.2) is 10.8 Å². The molecule has 0 spiro atoms. The number of hydrogen-bond acceptors (Lipinski definition) is 3. The van der Waals surface area contributed by atoms with E-state index in [0.29, 0.717) is 0 Å². The number of rotatable bonds is 3. The summed E-state index contributed by atoms with van der Waals surface area (Å²) in [6.07, 6.45) is -8.47. The van der Waals surface area contributed by atoms with Crippen molar-refractivity contribution in [1.29, 1.82) is 0 Å². The van der Waals surface area contributed by atoms with Gasteiger partial charge in [-0.05, 0) is 21.5 Å². The molecule has 9 heteroatoms. The summed E-state index contributed by atoms with van der Waals surface area (Å²) in [7, 11) is 0.982. The van der Waals surface area contributed by atoms with Crippen LogP contribution in [0.25, 0.3) is 0 Å². The van der Waals surface area contributed by atoms with Crippen LogP contribution in [-0.4, -0.2) is 18.1 Å². The highest BCUT2D eigenvalue weighted by atomic mass is 79.9. The van der Waals surface area contributed by atoms with E-state index in [9.17, 15) is 26.7 Å². The number of hydrogen-bond donors (Lipinski definition) is 0. The lowest BCUT2D eigenvalue weighted by Crippen LogP contribution is -2.17. The fourth-order valence-corrected chi connectivity index (χ4v) is 1.91. The number of aromatic nitrogens is 1. The first-order valence-electron chi connectivity index (χ1n) is 4.78.